The van der Waals surface area contributed by atoms with Crippen molar-refractivity contribution >= 4 is 21.9 Å². The monoisotopic (exact) mass is 584 g/mol. The molecule has 0 radical (unpaired) electrons. The Morgan fingerprint density at radius 1 is 0.732 bits per heavy atom. The lowest BCUT2D eigenvalue weighted by Gasteiger charge is -2.45. The molecule has 0 bridgehead atoms. The average Bonchev–Trinajstić information content (AvgIpc) is 2.94. The quantitative estimate of drug-likeness (QED) is 0.103. The van der Waals surface area contributed by atoms with Gasteiger partial charge in [0.1, 0.15) is 82.3 Å². The zero-order valence-electron chi connectivity index (χ0n) is 20.9. The van der Waals surface area contributed by atoms with E-state index in [1.807, 2.05) is 0 Å². The van der Waals surface area contributed by atoms with Gasteiger partial charge in [-0.05, 0) is 12.1 Å². The second-order valence-corrected chi connectivity index (χ2v) is 9.68. The Labute approximate surface area is 229 Å². The third kappa shape index (κ3) is 5.04. The summed E-state index contributed by atoms with van der Waals surface area (Å²) in [7, 11) is 0. The molecule has 16 heteroatoms. The Hall–Kier alpha value is -3.29. The van der Waals surface area contributed by atoms with Crippen molar-refractivity contribution in [2.75, 3.05) is 13.2 Å². The molecule has 3 aromatic rings. The van der Waals surface area contributed by atoms with Crippen LogP contribution in [0.1, 0.15) is 0 Å². The second kappa shape index (κ2) is 11.2. The third-order valence-electron chi connectivity index (χ3n) is 7.05. The van der Waals surface area contributed by atoms with Gasteiger partial charge in [-0.15, -0.1) is 0 Å². The maximum absolute atomic E-state index is 13.4. The molecule has 41 heavy (non-hydrogen) atoms. The van der Waals surface area contributed by atoms with Crippen LogP contribution in [0.15, 0.2) is 33.5 Å². The first-order valence-corrected chi connectivity index (χ1v) is 12.4. The number of ether oxygens (including phenoxy) is 4. The summed E-state index contributed by atoms with van der Waals surface area (Å²) in [6, 6.07) is 4.36. The SMILES string of the molecule is O=c1c2c(O[C@@H]3O[C@H](CO)[C@@H](O)[C@H](O[C@@H]4O[C@H](CO)[C@@H](O)[C@H](O)[C@H]4O)[C@H]3O)cc(O)cc2oc2ccc(O)c(O)c12. The van der Waals surface area contributed by atoms with Crippen molar-refractivity contribution in [3.8, 4) is 23.0 Å². The normalized spacial score (nSPS) is 34.2. The summed E-state index contributed by atoms with van der Waals surface area (Å²) in [4.78, 5) is 13.4. The Morgan fingerprint density at radius 3 is 2.07 bits per heavy atom. The number of hydrogen-bond acceptors (Lipinski definition) is 16. The number of rotatable bonds is 6. The van der Waals surface area contributed by atoms with E-state index in [4.69, 9.17) is 23.4 Å². The predicted octanol–water partition coefficient (Wildman–Crippen LogP) is -2.93. The van der Waals surface area contributed by atoms with Gasteiger partial charge < -0.3 is 74.4 Å². The molecule has 2 fully saturated rings. The van der Waals surface area contributed by atoms with Crippen molar-refractivity contribution in [1.82, 2.24) is 0 Å². The minimum atomic E-state index is -1.94. The van der Waals surface area contributed by atoms with Crippen molar-refractivity contribution in [2.45, 2.75) is 61.4 Å². The fourth-order valence-electron chi connectivity index (χ4n) is 4.85. The molecule has 5 rings (SSSR count). The molecule has 0 saturated carbocycles. The molecular formula is C25H28O16. The first-order chi connectivity index (χ1) is 19.5. The van der Waals surface area contributed by atoms with Crippen molar-refractivity contribution in [3.63, 3.8) is 0 Å². The average molecular weight is 584 g/mol. The van der Waals surface area contributed by atoms with E-state index >= 15 is 0 Å². The molecule has 0 aliphatic carbocycles. The number of aliphatic hydroxyl groups excluding tert-OH is 7. The van der Waals surface area contributed by atoms with Crippen LogP contribution in [0.25, 0.3) is 21.9 Å². The molecule has 0 unspecified atom stereocenters. The van der Waals surface area contributed by atoms with Crippen molar-refractivity contribution < 1.29 is 74.4 Å². The highest BCUT2D eigenvalue weighted by molar-refractivity contribution is 5.97. The highest BCUT2D eigenvalue weighted by Gasteiger charge is 2.51. The van der Waals surface area contributed by atoms with E-state index in [2.05, 4.69) is 0 Å². The van der Waals surface area contributed by atoms with E-state index in [0.717, 1.165) is 18.2 Å². The lowest BCUT2D eigenvalue weighted by atomic mass is 9.97. The van der Waals surface area contributed by atoms with Crippen LogP contribution in [0.2, 0.25) is 0 Å². The van der Waals surface area contributed by atoms with Crippen LogP contribution in [0.3, 0.4) is 0 Å². The van der Waals surface area contributed by atoms with Crippen LogP contribution in [-0.4, -0.2) is 126 Å². The van der Waals surface area contributed by atoms with Crippen LogP contribution < -0.4 is 10.2 Å². The van der Waals surface area contributed by atoms with Gasteiger partial charge in [0.2, 0.25) is 11.7 Å². The number of hydrogen-bond donors (Lipinski definition) is 10. The van der Waals surface area contributed by atoms with Gasteiger partial charge in [0.25, 0.3) is 0 Å². The van der Waals surface area contributed by atoms with Crippen LogP contribution >= 0.6 is 0 Å². The van der Waals surface area contributed by atoms with Gasteiger partial charge >= 0.3 is 0 Å². The van der Waals surface area contributed by atoms with Gasteiger partial charge in [-0.2, -0.15) is 0 Å². The van der Waals surface area contributed by atoms with E-state index in [-0.39, 0.29) is 16.6 Å². The van der Waals surface area contributed by atoms with E-state index in [1.54, 1.807) is 0 Å². The molecule has 16 nitrogen and oxygen atoms in total. The molecular weight excluding hydrogens is 556 g/mol. The number of aromatic hydroxyl groups is 3. The molecule has 1 aromatic heterocycles. The summed E-state index contributed by atoms with van der Waals surface area (Å²) in [5, 5.41) is 101. The highest BCUT2D eigenvalue weighted by atomic mass is 16.7. The Kier molecular flexibility index (Phi) is 7.96. The molecule has 2 aromatic carbocycles. The lowest BCUT2D eigenvalue weighted by Crippen LogP contribution is -2.65. The minimum Gasteiger partial charge on any atom is -0.508 e. The molecule has 2 aliphatic rings. The summed E-state index contributed by atoms with van der Waals surface area (Å²) < 4.78 is 27.6. The van der Waals surface area contributed by atoms with Crippen LogP contribution in [0.5, 0.6) is 23.0 Å². The molecule has 2 aliphatic heterocycles. The molecule has 0 spiro atoms. The lowest BCUT2D eigenvalue weighted by molar-refractivity contribution is -0.352. The number of phenolic OH excluding ortho intramolecular Hbond substituents is 3. The summed E-state index contributed by atoms with van der Waals surface area (Å²) in [5.41, 5.74) is -1.22. The summed E-state index contributed by atoms with van der Waals surface area (Å²) in [6.07, 6.45) is -17.3. The topological polar surface area (TPSA) is 269 Å². The number of benzene rings is 2. The molecule has 10 atom stereocenters. The van der Waals surface area contributed by atoms with Gasteiger partial charge in [0.15, 0.2) is 17.8 Å². The van der Waals surface area contributed by atoms with Gasteiger partial charge in [-0.1, -0.05) is 0 Å². The molecule has 0 amide bonds. The van der Waals surface area contributed by atoms with Crippen molar-refractivity contribution in [1.29, 1.82) is 0 Å². The number of fused-ring (bicyclic) bond motifs is 2. The first-order valence-electron chi connectivity index (χ1n) is 12.4. The smallest absolute Gasteiger partial charge is 0.229 e. The fraction of sp³-hybridized carbons (Fsp3) is 0.480. The van der Waals surface area contributed by atoms with Gasteiger partial charge in [-0.3, -0.25) is 4.79 Å². The number of aliphatic hydroxyl groups is 7. The standard InChI is InChI=1S/C25H28O16/c26-5-12-17(31)20(34)21(35)24(39-12)41-23-18(32)13(6-27)40-25(22(23)36)38-11-4-7(28)3-10-14(11)19(33)15-9(37-10)2-1-8(29)16(15)30/h1-4,12-13,17-18,20-32,34-36H,5-6H2/t12-,13-,17-,18-,20+,21-,22-,23+,24+,25-/m1/s1. The summed E-state index contributed by atoms with van der Waals surface area (Å²) in [6.45, 7) is -1.60. The van der Waals surface area contributed by atoms with Gasteiger partial charge in [-0.25, -0.2) is 0 Å². The number of phenols is 3. The first kappa shape index (κ1) is 29.2. The second-order valence-electron chi connectivity index (χ2n) is 9.68. The third-order valence-corrected chi connectivity index (χ3v) is 7.05. The van der Waals surface area contributed by atoms with Crippen LogP contribution in [0, 0.1) is 0 Å². The Bertz CT molecular complexity index is 1470. The summed E-state index contributed by atoms with van der Waals surface area (Å²) in [5.74, 6) is -2.26. The Morgan fingerprint density at radius 2 is 1.39 bits per heavy atom. The molecule has 3 heterocycles. The highest BCUT2D eigenvalue weighted by Crippen LogP contribution is 2.38. The maximum Gasteiger partial charge on any atom is 0.229 e. The van der Waals surface area contributed by atoms with Gasteiger partial charge in [0.05, 0.1) is 13.2 Å². The van der Waals surface area contributed by atoms with E-state index < -0.39 is 108 Å². The molecule has 10 N–H and O–H groups in total. The zero-order valence-corrected chi connectivity index (χ0v) is 20.9. The molecule has 2 saturated heterocycles. The Balaban J connectivity index is 1.51. The van der Waals surface area contributed by atoms with Crippen LogP contribution in [0.4, 0.5) is 0 Å². The van der Waals surface area contributed by atoms with E-state index in [0.29, 0.717) is 0 Å². The van der Waals surface area contributed by atoms with Gasteiger partial charge in [0, 0.05) is 12.1 Å². The molecule has 224 valence electrons. The van der Waals surface area contributed by atoms with E-state index in [1.165, 1.54) is 6.07 Å². The van der Waals surface area contributed by atoms with Crippen LogP contribution in [-0.2, 0) is 14.2 Å². The van der Waals surface area contributed by atoms with E-state index in [9.17, 15) is 55.9 Å². The van der Waals surface area contributed by atoms with Crippen molar-refractivity contribution in [2.24, 2.45) is 0 Å². The fourth-order valence-corrected chi connectivity index (χ4v) is 4.85. The van der Waals surface area contributed by atoms with Crippen molar-refractivity contribution in [3.05, 3.63) is 34.5 Å². The predicted molar refractivity (Wildman–Crippen MR) is 132 cm³/mol. The minimum absolute atomic E-state index is 0.125. The summed E-state index contributed by atoms with van der Waals surface area (Å²) >= 11 is 0. The maximum atomic E-state index is 13.4. The zero-order chi connectivity index (χ0) is 29.7. The largest absolute Gasteiger partial charge is 0.508 e.